The molecule has 0 unspecified atom stereocenters. The van der Waals surface area contributed by atoms with E-state index in [1.54, 1.807) is 0 Å². The van der Waals surface area contributed by atoms with E-state index in [0.29, 0.717) is 0 Å². The number of anilines is 1. The smallest absolute Gasteiger partial charge is 0.0948 e. The molecule has 0 atom stereocenters. The Morgan fingerprint density at radius 1 is 1.35 bits per heavy atom. The van der Waals surface area contributed by atoms with Crippen LogP contribution < -0.4 is 5.73 Å². The van der Waals surface area contributed by atoms with Gasteiger partial charge in [-0.3, -0.25) is 4.90 Å². The Bertz CT molecular complexity index is 588. The average molecular weight is 270 g/mol. The lowest BCUT2D eigenvalue weighted by Gasteiger charge is -2.29. The van der Waals surface area contributed by atoms with Crippen molar-refractivity contribution < 1.29 is 0 Å². The fraction of sp³-hybridized carbons (Fsp3) is 0.438. The Morgan fingerprint density at radius 2 is 2.25 bits per heavy atom. The SMILES string of the molecule is CCCn1cncc1CN1CCc2c(N)cccc2C1. The van der Waals surface area contributed by atoms with Crippen LogP contribution in [0, 0.1) is 0 Å². The predicted molar refractivity (Wildman–Crippen MR) is 81.2 cm³/mol. The van der Waals surface area contributed by atoms with Gasteiger partial charge in [-0.25, -0.2) is 4.98 Å². The van der Waals surface area contributed by atoms with Crippen LogP contribution in [0.5, 0.6) is 0 Å². The van der Waals surface area contributed by atoms with Gasteiger partial charge < -0.3 is 10.3 Å². The van der Waals surface area contributed by atoms with Gasteiger partial charge in [0.05, 0.1) is 12.0 Å². The third-order valence-electron chi connectivity index (χ3n) is 4.03. The lowest BCUT2D eigenvalue weighted by atomic mass is 9.98. The second kappa shape index (κ2) is 5.67. The maximum absolute atomic E-state index is 6.05. The number of nitrogens with zero attached hydrogens (tertiary/aromatic N) is 3. The molecule has 0 fully saturated rings. The molecule has 2 aromatic rings. The second-order valence-electron chi connectivity index (χ2n) is 5.52. The van der Waals surface area contributed by atoms with Crippen molar-refractivity contribution in [1.82, 2.24) is 14.5 Å². The number of nitrogen functional groups attached to an aromatic ring is 1. The molecular formula is C16H22N4. The Labute approximate surface area is 120 Å². The molecule has 0 aliphatic carbocycles. The van der Waals surface area contributed by atoms with E-state index in [1.807, 2.05) is 18.6 Å². The predicted octanol–water partition coefficient (Wildman–Crippen LogP) is 2.43. The van der Waals surface area contributed by atoms with Crippen molar-refractivity contribution in [2.24, 2.45) is 0 Å². The van der Waals surface area contributed by atoms with E-state index in [1.165, 1.54) is 16.8 Å². The maximum atomic E-state index is 6.05. The van der Waals surface area contributed by atoms with Crippen molar-refractivity contribution in [3.63, 3.8) is 0 Å². The van der Waals surface area contributed by atoms with Crippen LogP contribution in [0.1, 0.15) is 30.2 Å². The topological polar surface area (TPSA) is 47.1 Å². The zero-order valence-electron chi connectivity index (χ0n) is 12.0. The van der Waals surface area contributed by atoms with E-state index in [4.69, 9.17) is 5.73 Å². The van der Waals surface area contributed by atoms with Gasteiger partial charge in [-0.05, 0) is 30.0 Å². The quantitative estimate of drug-likeness (QED) is 0.868. The summed E-state index contributed by atoms with van der Waals surface area (Å²) in [5, 5.41) is 0. The summed E-state index contributed by atoms with van der Waals surface area (Å²) in [4.78, 5) is 6.76. The summed E-state index contributed by atoms with van der Waals surface area (Å²) < 4.78 is 2.26. The van der Waals surface area contributed by atoms with Crippen LogP contribution in [-0.4, -0.2) is 21.0 Å². The molecule has 4 heteroatoms. The minimum absolute atomic E-state index is 0.943. The molecule has 20 heavy (non-hydrogen) atoms. The molecule has 1 aliphatic heterocycles. The van der Waals surface area contributed by atoms with Crippen molar-refractivity contribution >= 4 is 5.69 Å². The summed E-state index contributed by atoms with van der Waals surface area (Å²) in [6, 6.07) is 6.25. The molecule has 0 spiro atoms. The Kier molecular flexibility index (Phi) is 3.74. The summed E-state index contributed by atoms with van der Waals surface area (Å²) in [5.74, 6) is 0. The number of hydrogen-bond acceptors (Lipinski definition) is 3. The van der Waals surface area contributed by atoms with Crippen LogP contribution in [0.25, 0.3) is 0 Å². The molecule has 3 rings (SSSR count). The minimum Gasteiger partial charge on any atom is -0.398 e. The third-order valence-corrected chi connectivity index (χ3v) is 4.03. The zero-order chi connectivity index (χ0) is 13.9. The van der Waals surface area contributed by atoms with E-state index < -0.39 is 0 Å². The van der Waals surface area contributed by atoms with Crippen LogP contribution >= 0.6 is 0 Å². The molecule has 4 nitrogen and oxygen atoms in total. The highest BCUT2D eigenvalue weighted by Gasteiger charge is 2.18. The minimum atomic E-state index is 0.943. The fourth-order valence-corrected chi connectivity index (χ4v) is 2.98. The first-order valence-electron chi connectivity index (χ1n) is 7.35. The first kappa shape index (κ1) is 13.2. The summed E-state index contributed by atoms with van der Waals surface area (Å²) in [7, 11) is 0. The van der Waals surface area contributed by atoms with Crippen LogP contribution in [0.2, 0.25) is 0 Å². The highest BCUT2D eigenvalue weighted by Crippen LogP contribution is 2.24. The number of aromatic nitrogens is 2. The number of hydrogen-bond donors (Lipinski definition) is 1. The molecule has 0 saturated carbocycles. The normalized spacial score (nSPS) is 15.2. The molecule has 1 aliphatic rings. The Hall–Kier alpha value is -1.81. The van der Waals surface area contributed by atoms with Crippen molar-refractivity contribution in [3.8, 4) is 0 Å². The van der Waals surface area contributed by atoms with E-state index >= 15 is 0 Å². The van der Waals surface area contributed by atoms with E-state index in [9.17, 15) is 0 Å². The third kappa shape index (κ3) is 2.56. The van der Waals surface area contributed by atoms with Crippen LogP contribution in [0.4, 0.5) is 5.69 Å². The highest BCUT2D eigenvalue weighted by atomic mass is 15.2. The molecule has 0 amide bonds. The maximum Gasteiger partial charge on any atom is 0.0948 e. The number of benzene rings is 1. The van der Waals surface area contributed by atoms with Crippen molar-refractivity contribution in [3.05, 3.63) is 47.5 Å². The van der Waals surface area contributed by atoms with Crippen LogP contribution in [0.3, 0.4) is 0 Å². The van der Waals surface area contributed by atoms with Gasteiger partial charge in [0, 0.05) is 38.1 Å². The van der Waals surface area contributed by atoms with Gasteiger partial charge in [-0.15, -0.1) is 0 Å². The average Bonchev–Trinajstić information content (AvgIpc) is 2.87. The lowest BCUT2D eigenvalue weighted by Crippen LogP contribution is -2.31. The molecule has 0 bridgehead atoms. The second-order valence-corrected chi connectivity index (χ2v) is 5.52. The van der Waals surface area contributed by atoms with Crippen LogP contribution in [0.15, 0.2) is 30.7 Å². The number of rotatable bonds is 4. The van der Waals surface area contributed by atoms with E-state index in [0.717, 1.165) is 44.7 Å². The standard InChI is InChI=1S/C16H22N4/c1-2-7-20-12-18-9-14(20)11-19-8-6-15-13(10-19)4-3-5-16(15)17/h3-5,9,12H,2,6-8,10-11,17H2,1H3. The first-order valence-corrected chi connectivity index (χ1v) is 7.35. The summed E-state index contributed by atoms with van der Waals surface area (Å²) >= 11 is 0. The van der Waals surface area contributed by atoms with Gasteiger partial charge in [0.2, 0.25) is 0 Å². The summed E-state index contributed by atoms with van der Waals surface area (Å²) in [5.41, 5.74) is 11.0. The summed E-state index contributed by atoms with van der Waals surface area (Å²) in [6.07, 6.45) is 6.12. The van der Waals surface area contributed by atoms with Gasteiger partial charge in [0.1, 0.15) is 0 Å². The van der Waals surface area contributed by atoms with Gasteiger partial charge in [0.15, 0.2) is 0 Å². The molecule has 0 saturated heterocycles. The summed E-state index contributed by atoms with van der Waals surface area (Å²) in [6.45, 7) is 6.26. The van der Waals surface area contributed by atoms with Gasteiger partial charge >= 0.3 is 0 Å². The van der Waals surface area contributed by atoms with E-state index in [2.05, 4.69) is 33.5 Å². The van der Waals surface area contributed by atoms with Crippen LogP contribution in [-0.2, 0) is 26.1 Å². The van der Waals surface area contributed by atoms with Crippen molar-refractivity contribution in [2.75, 3.05) is 12.3 Å². The zero-order valence-corrected chi connectivity index (χ0v) is 12.0. The largest absolute Gasteiger partial charge is 0.398 e. The van der Waals surface area contributed by atoms with E-state index in [-0.39, 0.29) is 0 Å². The van der Waals surface area contributed by atoms with Crippen molar-refractivity contribution in [1.29, 1.82) is 0 Å². The van der Waals surface area contributed by atoms with Gasteiger partial charge in [-0.1, -0.05) is 19.1 Å². The number of nitrogens with two attached hydrogens (primary N) is 1. The molecular weight excluding hydrogens is 248 g/mol. The monoisotopic (exact) mass is 270 g/mol. The molecule has 2 heterocycles. The number of fused-ring (bicyclic) bond motifs is 1. The lowest BCUT2D eigenvalue weighted by molar-refractivity contribution is 0.239. The number of aryl methyl sites for hydroxylation is 1. The Morgan fingerprint density at radius 3 is 3.10 bits per heavy atom. The fourth-order valence-electron chi connectivity index (χ4n) is 2.98. The molecule has 2 N–H and O–H groups in total. The highest BCUT2D eigenvalue weighted by molar-refractivity contribution is 5.51. The first-order chi connectivity index (χ1) is 9.78. The number of imidazole rings is 1. The molecule has 1 aromatic heterocycles. The Balaban J connectivity index is 1.73. The van der Waals surface area contributed by atoms with Crippen molar-refractivity contribution in [2.45, 2.75) is 39.4 Å². The molecule has 0 radical (unpaired) electrons. The van der Waals surface area contributed by atoms with Gasteiger partial charge in [0.25, 0.3) is 0 Å². The molecule has 1 aromatic carbocycles. The molecule has 106 valence electrons. The van der Waals surface area contributed by atoms with Gasteiger partial charge in [-0.2, -0.15) is 0 Å².